The van der Waals surface area contributed by atoms with Crippen molar-refractivity contribution in [2.24, 2.45) is 22.7 Å². The highest BCUT2D eigenvalue weighted by molar-refractivity contribution is 7.86. The van der Waals surface area contributed by atoms with Gasteiger partial charge in [0.05, 0.1) is 18.3 Å². The maximum absolute atomic E-state index is 14.8. The van der Waals surface area contributed by atoms with Gasteiger partial charge >= 0.3 is 30.1 Å². The number of alkyl halides is 3. The zero-order valence-electron chi connectivity index (χ0n) is 74.4. The number of carboxylic acids is 2. The van der Waals surface area contributed by atoms with Crippen LogP contribution < -0.4 is 69.6 Å². The SMILES string of the molecule is CC(C)C[C@H](NC(=O)[C@H](CCCN)NC(=O)[C@H](CCc1ccccc1)NC(=O)CNC(=O)[C@H](CC(C)C)NC(=O)[C@@H]1CCCN1C(=O)CCCCCNC(=O)[C@@H](Cc1ccccc1)NC(=O)[C@@H](Cc1ccccc1)NC(=O)[C@@H](Cc1ccccc1)NC(=O)c1ccc(N/N=C/c2ccccc2S(=O)(=O)O)nc1)C(=O)N[C@@H](CCC(=O)O)C(=O)N[C@@H](CCC(=O)OC(=O)C(F)(F)F)C(=O)O. The first-order valence-corrected chi connectivity index (χ1v) is 45.2. The molecule has 38 nitrogen and oxygen atoms in total. The molecule has 1 fully saturated rings. The van der Waals surface area contributed by atoms with E-state index in [0.717, 1.165) is 11.8 Å². The Labute approximate surface area is 772 Å². The van der Waals surface area contributed by atoms with E-state index in [0.29, 0.717) is 42.4 Å². The molecular weight excluding hydrogens is 1770 g/mol. The maximum atomic E-state index is 14.8. The number of unbranched alkanes of at least 4 members (excludes halogenated alkanes) is 2. The van der Waals surface area contributed by atoms with Crippen LogP contribution in [0.15, 0.2) is 174 Å². The topological polar surface area (TPSA) is 576 Å². The number of amides is 12. The van der Waals surface area contributed by atoms with Crippen molar-refractivity contribution in [3.63, 3.8) is 0 Å². The number of ether oxygens (including phenoxy) is 1. The van der Waals surface area contributed by atoms with Gasteiger partial charge in [0.15, 0.2) is 0 Å². The molecule has 0 radical (unpaired) electrons. The predicted molar refractivity (Wildman–Crippen MR) is 481 cm³/mol. The minimum Gasteiger partial charge on any atom is -0.481 e. The number of nitrogens with one attached hydrogen (secondary N) is 12. The van der Waals surface area contributed by atoms with Gasteiger partial charge in [0.1, 0.15) is 71.1 Å². The van der Waals surface area contributed by atoms with Crippen LogP contribution in [0.3, 0.4) is 0 Å². The molecule has 0 unspecified atom stereocenters. The van der Waals surface area contributed by atoms with Crippen LogP contribution >= 0.6 is 0 Å². The Kier molecular flexibility index (Phi) is 43.3. The van der Waals surface area contributed by atoms with Crippen LogP contribution in [-0.2, 0) is 112 Å². The van der Waals surface area contributed by atoms with Crippen molar-refractivity contribution in [2.75, 3.05) is 31.6 Å². The number of halogens is 3. The van der Waals surface area contributed by atoms with Crippen LogP contribution in [-0.4, -0.2) is 227 Å². The molecule has 1 aromatic heterocycles. The van der Waals surface area contributed by atoms with Crippen molar-refractivity contribution in [2.45, 2.75) is 221 Å². The number of carboxylic acid groups (broad SMARTS) is 2. The number of likely N-dealkylation sites (tertiary alicyclic amines) is 1. The molecule has 42 heteroatoms. The van der Waals surface area contributed by atoms with Crippen molar-refractivity contribution in [3.8, 4) is 0 Å². The third-order valence-corrected chi connectivity index (χ3v) is 22.1. The minimum atomic E-state index is -5.57. The molecule has 0 aliphatic carbocycles. The summed E-state index contributed by atoms with van der Waals surface area (Å²) in [4.78, 5) is 223. The van der Waals surface area contributed by atoms with Gasteiger partial charge in [0.25, 0.3) is 16.0 Å². The lowest BCUT2D eigenvalue weighted by Gasteiger charge is -2.28. The van der Waals surface area contributed by atoms with Gasteiger partial charge in [-0.05, 0) is 136 Å². The predicted octanol–water partition coefficient (Wildman–Crippen LogP) is 4.09. The largest absolute Gasteiger partial charge is 0.491 e. The first-order chi connectivity index (χ1) is 63.7. The number of rotatable bonds is 54. The summed E-state index contributed by atoms with van der Waals surface area (Å²) in [6.45, 7) is 6.52. The molecule has 7 rings (SSSR count). The lowest BCUT2D eigenvalue weighted by atomic mass is 10.0. The Morgan fingerprint density at radius 1 is 0.515 bits per heavy atom. The van der Waals surface area contributed by atoms with E-state index >= 15 is 0 Å². The molecule has 17 N–H and O–H groups in total. The van der Waals surface area contributed by atoms with Crippen LogP contribution in [0.25, 0.3) is 0 Å². The molecule has 5 aromatic carbocycles. The normalized spacial score (nSPS) is 14.6. The molecule has 722 valence electrons. The molecule has 0 saturated carbocycles. The lowest BCUT2D eigenvalue weighted by Crippen LogP contribution is -2.59. The number of aliphatic carboxylic acids is 2. The fourth-order valence-corrected chi connectivity index (χ4v) is 15.0. The second-order valence-corrected chi connectivity index (χ2v) is 34.2. The zero-order valence-corrected chi connectivity index (χ0v) is 75.2. The molecule has 0 bridgehead atoms. The van der Waals surface area contributed by atoms with E-state index in [2.05, 4.69) is 73.4 Å². The number of benzene rings is 5. The Morgan fingerprint density at radius 3 is 1.51 bits per heavy atom. The number of aryl methyl sites for hydroxylation is 1. The van der Waals surface area contributed by atoms with Crippen LogP contribution in [0.5, 0.6) is 0 Å². The average molecular weight is 1890 g/mol. The van der Waals surface area contributed by atoms with Crippen molar-refractivity contribution in [1.82, 2.24) is 68.4 Å². The number of aromatic nitrogens is 1. The highest BCUT2D eigenvalue weighted by Crippen LogP contribution is 2.23. The molecule has 1 aliphatic rings. The van der Waals surface area contributed by atoms with E-state index in [9.17, 15) is 113 Å². The quantitative estimate of drug-likeness (QED) is 0.00638. The van der Waals surface area contributed by atoms with Crippen LogP contribution in [0.2, 0.25) is 0 Å². The number of nitrogens with zero attached hydrogens (tertiary/aromatic N) is 3. The summed E-state index contributed by atoms with van der Waals surface area (Å²) in [6.07, 6.45) is -4.85. The third kappa shape index (κ3) is 37.4. The first-order valence-electron chi connectivity index (χ1n) is 43.8. The van der Waals surface area contributed by atoms with Crippen molar-refractivity contribution in [3.05, 3.63) is 197 Å². The van der Waals surface area contributed by atoms with Gasteiger partial charge in [0, 0.05) is 63.4 Å². The number of pyridine rings is 1. The minimum absolute atomic E-state index is 0.00551. The van der Waals surface area contributed by atoms with Crippen LogP contribution in [0.4, 0.5) is 19.0 Å². The van der Waals surface area contributed by atoms with E-state index in [4.69, 9.17) is 5.73 Å². The summed E-state index contributed by atoms with van der Waals surface area (Å²) in [5.74, 6) is -18.0. The highest BCUT2D eigenvalue weighted by Gasteiger charge is 2.43. The lowest BCUT2D eigenvalue weighted by molar-refractivity contribution is -0.201. The number of hydrazone groups is 1. The van der Waals surface area contributed by atoms with Crippen molar-refractivity contribution in [1.29, 1.82) is 0 Å². The van der Waals surface area contributed by atoms with E-state index < -0.39 is 204 Å². The summed E-state index contributed by atoms with van der Waals surface area (Å²) in [6, 6.07) is 29.5. The summed E-state index contributed by atoms with van der Waals surface area (Å²) in [5, 5.41) is 52.1. The van der Waals surface area contributed by atoms with Gasteiger partial charge in [-0.25, -0.2) is 14.6 Å². The fourth-order valence-electron chi connectivity index (χ4n) is 14.3. The zero-order chi connectivity index (χ0) is 98.0. The molecule has 10 atom stereocenters. The van der Waals surface area contributed by atoms with Crippen LogP contribution in [0, 0.1) is 11.8 Å². The highest BCUT2D eigenvalue weighted by atomic mass is 32.2. The van der Waals surface area contributed by atoms with E-state index in [1.807, 2.05) is 5.32 Å². The molecule has 1 saturated heterocycles. The number of carbonyl (C=O) groups excluding carboxylic acids is 14. The number of anilines is 1. The van der Waals surface area contributed by atoms with E-state index in [-0.39, 0.29) is 124 Å². The summed E-state index contributed by atoms with van der Waals surface area (Å²) in [5.41, 5.74) is 11.4. The van der Waals surface area contributed by atoms with Crippen molar-refractivity contribution >= 4 is 117 Å². The van der Waals surface area contributed by atoms with Gasteiger partial charge < -0.3 is 84.1 Å². The third-order valence-electron chi connectivity index (χ3n) is 21.2. The van der Waals surface area contributed by atoms with Crippen molar-refractivity contribution < 1.29 is 118 Å². The van der Waals surface area contributed by atoms with Gasteiger partial charge in [-0.15, -0.1) is 0 Å². The number of hydrogen-bond acceptors (Lipinski definition) is 23. The number of carbonyl (C=O) groups is 16. The molecule has 12 amide bonds. The Morgan fingerprint density at radius 2 is 0.985 bits per heavy atom. The van der Waals surface area contributed by atoms with Gasteiger partial charge in [0.2, 0.25) is 65.0 Å². The number of nitrogens with two attached hydrogens (primary N) is 1. The summed E-state index contributed by atoms with van der Waals surface area (Å²) < 4.78 is 75.1. The Hall–Kier alpha value is -13.9. The smallest absolute Gasteiger partial charge is 0.481 e. The monoisotopic (exact) mass is 1880 g/mol. The molecule has 0 spiro atoms. The van der Waals surface area contributed by atoms with Crippen LogP contribution in [0.1, 0.15) is 162 Å². The molecule has 6 aromatic rings. The number of esters is 2. The van der Waals surface area contributed by atoms with Gasteiger partial charge in [-0.3, -0.25) is 77.1 Å². The second kappa shape index (κ2) is 54.2. The number of hydrogen-bond donors (Lipinski definition) is 16. The van der Waals surface area contributed by atoms with E-state index in [1.54, 1.807) is 155 Å². The fraction of sp³-hybridized carbons (Fsp3) is 0.435. The summed E-state index contributed by atoms with van der Waals surface area (Å²) in [7, 11) is -4.56. The standard InChI is InChI=1S/C92H115F3N16O22S/c1-56(2)48-68(82(119)99-55-76(112)101-65(39-37-58-24-10-5-11-25-58)84(121)102-64(33-22-45-96)83(120)106-69(49-57(3)4)86(123)103-66(40-43-78(114)115)85(122)104-67(90(127)128)41-44-79(116)133-91(129)92(93,94)95)109-89(126)73-34-23-47-111(73)77(113)36-18-9-21-46-97-81(118)70(50-59-26-12-6-13-27-59)107-88(125)72(52-61-30-16-8-17-31-61)108-87(124)71(51-60-28-14-7-15-29-60)105-80(117)63-38-42-75(98-53-63)110-100-54-62-32-19-20-35-74(62)134(130,131)132/h5-8,10-17,19-20,24-32,35,38,42,53-54,56-57,64-73H,9,18,21-23,33-34,36-37,39-41,43-52,55,96H2,1-4H3,(H,97,118)(H,98,110)(H,99,119)(H,101,112)(H,102,121)(H,103,123)(H,104,122)(H,105,117)(H,106,120)(H,107,125)(H,108,124)(H,109,126)(H,114,115)(H,127,128)(H,130,131,132)/b100-54+/t64-,65-,66-,67-,68-,69-,70+,71+,72+,73-/m0/s1. The first kappa shape index (κ1) is 107. The maximum Gasteiger partial charge on any atom is 0.491 e. The summed E-state index contributed by atoms with van der Waals surface area (Å²) >= 11 is 0. The molecular formula is C92H115F3N16O22S. The second-order valence-electron chi connectivity index (χ2n) is 32.8. The molecule has 2 heterocycles. The average Bonchev–Trinajstić information content (AvgIpc) is 1.21. The molecule has 1 aliphatic heterocycles. The Bertz CT molecular complexity index is 5150. The Balaban J connectivity index is 0.939. The molecule has 134 heavy (non-hydrogen) atoms. The van der Waals surface area contributed by atoms with Gasteiger partial charge in [-0.2, -0.15) is 26.7 Å². The van der Waals surface area contributed by atoms with E-state index in [1.165, 1.54) is 41.4 Å². The van der Waals surface area contributed by atoms with Gasteiger partial charge in [-0.1, -0.05) is 174 Å².